The summed E-state index contributed by atoms with van der Waals surface area (Å²) in [5.74, 6) is 0.622. The average Bonchev–Trinajstić information content (AvgIpc) is 2.82. The van der Waals surface area contributed by atoms with Crippen molar-refractivity contribution in [2.24, 2.45) is 0 Å². The SMILES string of the molecule is COCCCNc1nc(Cl)c2c3c(sc2n1)CCCC3. The standard InChI is InChI=1S/C14H18ClN3OS/c1-19-8-4-7-16-14-17-12(15)11-9-5-2-3-6-10(9)20-13(11)18-14/h2-8H2,1H3,(H,16,17,18). The molecule has 20 heavy (non-hydrogen) atoms. The molecular weight excluding hydrogens is 294 g/mol. The van der Waals surface area contributed by atoms with Gasteiger partial charge in [0.2, 0.25) is 5.95 Å². The number of aromatic nitrogens is 2. The normalized spacial score (nSPS) is 14.5. The van der Waals surface area contributed by atoms with Crippen molar-refractivity contribution < 1.29 is 4.74 Å². The predicted octanol–water partition coefficient (Wildman–Crippen LogP) is 3.67. The van der Waals surface area contributed by atoms with Gasteiger partial charge in [-0.2, -0.15) is 0 Å². The zero-order chi connectivity index (χ0) is 13.9. The second kappa shape index (κ2) is 6.24. The van der Waals surface area contributed by atoms with Crippen molar-refractivity contribution >= 4 is 39.1 Å². The maximum absolute atomic E-state index is 6.37. The molecule has 0 amide bonds. The molecule has 1 aliphatic carbocycles. The molecule has 0 aromatic carbocycles. The minimum atomic E-state index is 0.587. The fourth-order valence-corrected chi connectivity index (χ4v) is 4.21. The van der Waals surface area contributed by atoms with Gasteiger partial charge in [-0.3, -0.25) is 0 Å². The Kier molecular flexibility index (Phi) is 4.38. The summed E-state index contributed by atoms with van der Waals surface area (Å²) in [4.78, 5) is 11.5. The summed E-state index contributed by atoms with van der Waals surface area (Å²) in [5.41, 5.74) is 1.38. The molecule has 0 atom stereocenters. The highest BCUT2D eigenvalue weighted by molar-refractivity contribution is 7.19. The van der Waals surface area contributed by atoms with Gasteiger partial charge in [0, 0.05) is 25.1 Å². The Morgan fingerprint density at radius 1 is 1.30 bits per heavy atom. The van der Waals surface area contributed by atoms with Gasteiger partial charge in [-0.05, 0) is 37.7 Å². The fourth-order valence-electron chi connectivity index (χ4n) is 2.61. The van der Waals surface area contributed by atoms with Crippen LogP contribution in [0.4, 0.5) is 5.95 Å². The van der Waals surface area contributed by atoms with Gasteiger partial charge in [0.05, 0.1) is 5.39 Å². The quantitative estimate of drug-likeness (QED) is 0.676. The summed E-state index contributed by atoms with van der Waals surface area (Å²) in [7, 11) is 1.70. The van der Waals surface area contributed by atoms with Gasteiger partial charge in [0.15, 0.2) is 0 Å². The lowest BCUT2D eigenvalue weighted by Crippen LogP contribution is -2.07. The minimum absolute atomic E-state index is 0.587. The Labute approximate surface area is 127 Å². The maximum atomic E-state index is 6.37. The van der Waals surface area contributed by atoms with Crippen molar-refractivity contribution in [3.8, 4) is 0 Å². The molecule has 1 N–H and O–H groups in total. The number of rotatable bonds is 5. The molecule has 2 aromatic rings. The second-order valence-electron chi connectivity index (χ2n) is 5.00. The monoisotopic (exact) mass is 311 g/mol. The van der Waals surface area contributed by atoms with E-state index in [0.717, 1.165) is 42.6 Å². The van der Waals surface area contributed by atoms with E-state index >= 15 is 0 Å². The zero-order valence-electron chi connectivity index (χ0n) is 11.5. The minimum Gasteiger partial charge on any atom is -0.385 e. The number of hydrogen-bond acceptors (Lipinski definition) is 5. The number of ether oxygens (including phenoxy) is 1. The van der Waals surface area contributed by atoms with Crippen molar-refractivity contribution in [2.45, 2.75) is 32.1 Å². The number of hydrogen-bond donors (Lipinski definition) is 1. The molecule has 2 aromatic heterocycles. The summed E-state index contributed by atoms with van der Waals surface area (Å²) >= 11 is 8.14. The van der Waals surface area contributed by atoms with Crippen LogP contribution in [0.15, 0.2) is 0 Å². The van der Waals surface area contributed by atoms with E-state index in [1.165, 1.54) is 23.3 Å². The Morgan fingerprint density at radius 2 is 2.15 bits per heavy atom. The molecule has 0 saturated carbocycles. The van der Waals surface area contributed by atoms with Crippen LogP contribution in [0.1, 0.15) is 29.7 Å². The number of methoxy groups -OCH3 is 1. The molecule has 0 unspecified atom stereocenters. The van der Waals surface area contributed by atoms with E-state index in [9.17, 15) is 0 Å². The molecule has 0 fully saturated rings. The lowest BCUT2D eigenvalue weighted by Gasteiger charge is -2.10. The number of fused-ring (bicyclic) bond motifs is 3. The van der Waals surface area contributed by atoms with Crippen LogP contribution in [0.25, 0.3) is 10.2 Å². The summed E-state index contributed by atoms with van der Waals surface area (Å²) in [6.45, 7) is 1.52. The number of nitrogens with zero attached hydrogens (tertiary/aromatic N) is 2. The van der Waals surface area contributed by atoms with Gasteiger partial charge in [-0.1, -0.05) is 11.6 Å². The average molecular weight is 312 g/mol. The summed E-state index contributed by atoms with van der Waals surface area (Å²) in [6, 6.07) is 0. The first-order chi connectivity index (χ1) is 9.79. The van der Waals surface area contributed by atoms with Gasteiger partial charge in [-0.25, -0.2) is 9.97 Å². The third-order valence-corrected chi connectivity index (χ3v) is 5.04. The fraction of sp³-hybridized carbons (Fsp3) is 0.571. The molecule has 0 aliphatic heterocycles. The smallest absolute Gasteiger partial charge is 0.225 e. The molecule has 0 saturated heterocycles. The van der Waals surface area contributed by atoms with Crippen LogP contribution in [-0.2, 0) is 17.6 Å². The Morgan fingerprint density at radius 3 is 3.00 bits per heavy atom. The Balaban J connectivity index is 1.86. The third-order valence-electron chi connectivity index (χ3n) is 3.58. The van der Waals surface area contributed by atoms with Crippen LogP contribution in [0, 0.1) is 0 Å². The molecule has 0 bridgehead atoms. The van der Waals surface area contributed by atoms with E-state index < -0.39 is 0 Å². The zero-order valence-corrected chi connectivity index (χ0v) is 13.1. The lowest BCUT2D eigenvalue weighted by molar-refractivity contribution is 0.197. The van der Waals surface area contributed by atoms with Crippen molar-refractivity contribution in [1.29, 1.82) is 0 Å². The third kappa shape index (κ3) is 2.75. The number of thiophene rings is 1. The topological polar surface area (TPSA) is 47.0 Å². The number of anilines is 1. The first-order valence-electron chi connectivity index (χ1n) is 7.00. The molecule has 1 aliphatic rings. The summed E-state index contributed by atoms with van der Waals surface area (Å²) < 4.78 is 5.02. The van der Waals surface area contributed by atoms with Gasteiger partial charge in [-0.15, -0.1) is 11.3 Å². The van der Waals surface area contributed by atoms with Crippen molar-refractivity contribution in [3.63, 3.8) is 0 Å². The Hall–Kier alpha value is -0.910. The number of aryl methyl sites for hydroxylation is 2. The lowest BCUT2D eigenvalue weighted by atomic mass is 9.97. The molecule has 0 spiro atoms. The molecule has 0 radical (unpaired) electrons. The van der Waals surface area contributed by atoms with Crippen molar-refractivity contribution in [2.75, 3.05) is 25.6 Å². The van der Waals surface area contributed by atoms with Gasteiger partial charge in [0.1, 0.15) is 9.98 Å². The molecule has 108 valence electrons. The van der Waals surface area contributed by atoms with Crippen LogP contribution in [0.3, 0.4) is 0 Å². The predicted molar refractivity (Wildman–Crippen MR) is 84.0 cm³/mol. The van der Waals surface area contributed by atoms with E-state index in [0.29, 0.717) is 11.1 Å². The summed E-state index contributed by atoms with van der Waals surface area (Å²) in [6.07, 6.45) is 5.71. The highest BCUT2D eigenvalue weighted by Gasteiger charge is 2.20. The molecule has 4 nitrogen and oxygen atoms in total. The maximum Gasteiger partial charge on any atom is 0.225 e. The van der Waals surface area contributed by atoms with Crippen LogP contribution in [0.2, 0.25) is 5.15 Å². The van der Waals surface area contributed by atoms with Crippen molar-refractivity contribution in [1.82, 2.24) is 9.97 Å². The number of nitrogens with one attached hydrogen (secondary N) is 1. The van der Waals surface area contributed by atoms with E-state index in [2.05, 4.69) is 15.3 Å². The second-order valence-corrected chi connectivity index (χ2v) is 6.44. The summed E-state index contributed by atoms with van der Waals surface area (Å²) in [5, 5.41) is 4.88. The van der Waals surface area contributed by atoms with E-state index in [-0.39, 0.29) is 0 Å². The van der Waals surface area contributed by atoms with E-state index in [1.54, 1.807) is 18.4 Å². The highest BCUT2D eigenvalue weighted by atomic mass is 35.5. The van der Waals surface area contributed by atoms with E-state index in [4.69, 9.17) is 16.3 Å². The highest BCUT2D eigenvalue weighted by Crippen LogP contribution is 2.38. The molecule has 2 heterocycles. The largest absolute Gasteiger partial charge is 0.385 e. The first-order valence-corrected chi connectivity index (χ1v) is 8.19. The van der Waals surface area contributed by atoms with E-state index in [1.807, 2.05) is 0 Å². The van der Waals surface area contributed by atoms with Gasteiger partial charge in [0.25, 0.3) is 0 Å². The molecule has 3 rings (SSSR count). The van der Waals surface area contributed by atoms with Crippen molar-refractivity contribution in [3.05, 3.63) is 15.6 Å². The Bertz CT molecular complexity index is 614. The molecular formula is C14H18ClN3OS. The first kappa shape index (κ1) is 14.0. The molecule has 6 heteroatoms. The van der Waals surface area contributed by atoms with Gasteiger partial charge >= 0.3 is 0 Å². The van der Waals surface area contributed by atoms with Crippen LogP contribution < -0.4 is 5.32 Å². The number of halogens is 1. The van der Waals surface area contributed by atoms with Crippen LogP contribution in [0.5, 0.6) is 0 Å². The van der Waals surface area contributed by atoms with Gasteiger partial charge < -0.3 is 10.1 Å². The van der Waals surface area contributed by atoms with Crippen LogP contribution >= 0.6 is 22.9 Å². The van der Waals surface area contributed by atoms with Crippen LogP contribution in [-0.4, -0.2) is 30.2 Å².